The van der Waals surface area contributed by atoms with Crippen molar-refractivity contribution in [2.75, 3.05) is 33.2 Å². The molecule has 22 heavy (non-hydrogen) atoms. The van der Waals surface area contributed by atoms with E-state index in [1.54, 1.807) is 0 Å². The Hall–Kier alpha value is -0.810. The first-order valence-electron chi connectivity index (χ1n) is 8.05. The molecule has 0 radical (unpaired) electrons. The van der Waals surface area contributed by atoms with Gasteiger partial charge in [0.1, 0.15) is 0 Å². The summed E-state index contributed by atoms with van der Waals surface area (Å²) in [6.45, 7) is 9.05. The van der Waals surface area contributed by atoms with E-state index in [0.29, 0.717) is 18.9 Å². The average Bonchev–Trinajstić information content (AvgIpc) is 2.43. The van der Waals surface area contributed by atoms with Crippen LogP contribution in [0.3, 0.4) is 0 Å². The minimum absolute atomic E-state index is 0. The molecule has 0 unspecified atom stereocenters. The molecule has 130 valence electrons. The Morgan fingerprint density at radius 3 is 2.27 bits per heavy atom. The molecule has 2 N–H and O–H groups in total. The first-order valence-corrected chi connectivity index (χ1v) is 8.05. The van der Waals surface area contributed by atoms with Gasteiger partial charge in [0.2, 0.25) is 11.8 Å². The molecule has 1 rings (SSSR count). The van der Waals surface area contributed by atoms with Gasteiger partial charge in [0, 0.05) is 31.5 Å². The van der Waals surface area contributed by atoms with E-state index in [0.717, 1.165) is 38.9 Å². The van der Waals surface area contributed by atoms with Crippen LogP contribution in [-0.2, 0) is 9.59 Å². The van der Waals surface area contributed by atoms with Gasteiger partial charge < -0.3 is 15.5 Å². The molecular formula is C16H32ClN3O2. The number of rotatable bonds is 6. The highest BCUT2D eigenvalue weighted by Crippen LogP contribution is 2.17. The second kappa shape index (κ2) is 10.1. The summed E-state index contributed by atoms with van der Waals surface area (Å²) in [5.74, 6) is 0.968. The van der Waals surface area contributed by atoms with Crippen LogP contribution in [0.4, 0.5) is 0 Å². The van der Waals surface area contributed by atoms with Crippen molar-refractivity contribution in [3.05, 3.63) is 0 Å². The van der Waals surface area contributed by atoms with Crippen LogP contribution in [0, 0.1) is 11.3 Å². The molecular weight excluding hydrogens is 302 g/mol. The largest absolute Gasteiger partial charge is 0.356 e. The summed E-state index contributed by atoms with van der Waals surface area (Å²) in [7, 11) is 1.98. The van der Waals surface area contributed by atoms with Crippen molar-refractivity contribution in [3.63, 3.8) is 0 Å². The van der Waals surface area contributed by atoms with Crippen molar-refractivity contribution in [1.82, 2.24) is 15.5 Å². The zero-order chi connectivity index (χ0) is 15.9. The Morgan fingerprint density at radius 2 is 1.77 bits per heavy atom. The molecule has 1 aliphatic heterocycles. The van der Waals surface area contributed by atoms with Crippen molar-refractivity contribution in [3.8, 4) is 0 Å². The maximum atomic E-state index is 12.1. The summed E-state index contributed by atoms with van der Waals surface area (Å²) in [5, 5.41) is 6.09. The van der Waals surface area contributed by atoms with Gasteiger partial charge >= 0.3 is 0 Å². The zero-order valence-electron chi connectivity index (χ0n) is 14.4. The summed E-state index contributed by atoms with van der Waals surface area (Å²) >= 11 is 0. The molecule has 1 saturated heterocycles. The molecule has 6 heteroatoms. The summed E-state index contributed by atoms with van der Waals surface area (Å²) in [5.41, 5.74) is -0.362. The van der Waals surface area contributed by atoms with E-state index in [1.165, 1.54) is 0 Å². The quantitative estimate of drug-likeness (QED) is 0.729. The first kappa shape index (κ1) is 21.2. The van der Waals surface area contributed by atoms with Crippen molar-refractivity contribution in [1.29, 1.82) is 0 Å². The van der Waals surface area contributed by atoms with E-state index < -0.39 is 0 Å². The standard InChI is InChI=1S/C16H31N3O2.ClH/c1-16(2,3)15(21)18-9-5-6-14(20)19-10-7-13(8-11-19)12-17-4;/h13,17H,5-12H2,1-4H3,(H,18,21);1H. The maximum absolute atomic E-state index is 12.1. The van der Waals surface area contributed by atoms with Crippen LogP contribution in [0.2, 0.25) is 0 Å². The third-order valence-corrected chi connectivity index (χ3v) is 3.99. The lowest BCUT2D eigenvalue weighted by molar-refractivity contribution is -0.133. The molecule has 5 nitrogen and oxygen atoms in total. The highest BCUT2D eigenvalue weighted by atomic mass is 35.5. The summed E-state index contributed by atoms with van der Waals surface area (Å²) in [6, 6.07) is 0. The topological polar surface area (TPSA) is 61.4 Å². The van der Waals surface area contributed by atoms with Gasteiger partial charge in [-0.05, 0) is 38.8 Å². The normalized spacial score (nSPS) is 16.1. The second-order valence-corrected chi connectivity index (χ2v) is 6.99. The Balaban J connectivity index is 0.00000441. The van der Waals surface area contributed by atoms with Crippen molar-refractivity contribution in [2.45, 2.75) is 46.5 Å². The fourth-order valence-electron chi connectivity index (χ4n) is 2.54. The lowest BCUT2D eigenvalue weighted by Gasteiger charge is -2.32. The lowest BCUT2D eigenvalue weighted by Crippen LogP contribution is -2.41. The van der Waals surface area contributed by atoms with Gasteiger partial charge in [-0.2, -0.15) is 0 Å². The number of amides is 2. The Kier molecular flexibility index (Phi) is 9.69. The van der Waals surface area contributed by atoms with Gasteiger partial charge in [0.25, 0.3) is 0 Å². The van der Waals surface area contributed by atoms with Crippen LogP contribution in [-0.4, -0.2) is 49.9 Å². The van der Waals surface area contributed by atoms with Gasteiger partial charge in [0.05, 0.1) is 0 Å². The van der Waals surface area contributed by atoms with Gasteiger partial charge in [0.15, 0.2) is 0 Å². The van der Waals surface area contributed by atoms with Gasteiger partial charge in [-0.25, -0.2) is 0 Å². The highest BCUT2D eigenvalue weighted by molar-refractivity contribution is 5.85. The van der Waals surface area contributed by atoms with Crippen LogP contribution in [0.15, 0.2) is 0 Å². The van der Waals surface area contributed by atoms with Crippen LogP contribution >= 0.6 is 12.4 Å². The Morgan fingerprint density at radius 1 is 1.18 bits per heavy atom. The fraction of sp³-hybridized carbons (Fsp3) is 0.875. The van der Waals surface area contributed by atoms with Gasteiger partial charge in [-0.15, -0.1) is 12.4 Å². The van der Waals surface area contributed by atoms with E-state index in [-0.39, 0.29) is 29.6 Å². The van der Waals surface area contributed by atoms with Crippen LogP contribution in [0.5, 0.6) is 0 Å². The van der Waals surface area contributed by atoms with E-state index in [1.807, 2.05) is 32.7 Å². The summed E-state index contributed by atoms with van der Waals surface area (Å²) in [6.07, 6.45) is 3.43. The van der Waals surface area contributed by atoms with Crippen LogP contribution in [0.25, 0.3) is 0 Å². The minimum Gasteiger partial charge on any atom is -0.356 e. The molecule has 1 fully saturated rings. The summed E-state index contributed by atoms with van der Waals surface area (Å²) in [4.78, 5) is 25.8. The maximum Gasteiger partial charge on any atom is 0.225 e. The number of nitrogens with zero attached hydrogens (tertiary/aromatic N) is 1. The molecule has 1 heterocycles. The Bertz CT molecular complexity index is 348. The molecule has 0 aromatic carbocycles. The first-order chi connectivity index (χ1) is 9.84. The van der Waals surface area contributed by atoms with Crippen molar-refractivity contribution < 1.29 is 9.59 Å². The molecule has 0 spiro atoms. The van der Waals surface area contributed by atoms with E-state index in [4.69, 9.17) is 0 Å². The number of hydrogen-bond acceptors (Lipinski definition) is 3. The SMILES string of the molecule is CNCC1CCN(C(=O)CCCNC(=O)C(C)(C)C)CC1.Cl. The second-order valence-electron chi connectivity index (χ2n) is 6.99. The van der Waals surface area contributed by atoms with E-state index >= 15 is 0 Å². The molecule has 1 aliphatic rings. The molecule has 0 aliphatic carbocycles. The molecule has 2 amide bonds. The minimum atomic E-state index is -0.362. The average molecular weight is 334 g/mol. The van der Waals surface area contributed by atoms with E-state index in [2.05, 4.69) is 10.6 Å². The third kappa shape index (κ3) is 7.45. The smallest absolute Gasteiger partial charge is 0.225 e. The van der Waals surface area contributed by atoms with Crippen LogP contribution in [0.1, 0.15) is 46.5 Å². The number of carbonyl (C=O) groups excluding carboxylic acids is 2. The predicted molar refractivity (Wildman–Crippen MR) is 92.2 cm³/mol. The molecule has 0 aromatic rings. The number of hydrogen-bond donors (Lipinski definition) is 2. The molecule has 0 aromatic heterocycles. The number of halogens is 1. The van der Waals surface area contributed by atoms with Gasteiger partial charge in [-0.1, -0.05) is 20.8 Å². The molecule has 0 bridgehead atoms. The van der Waals surface area contributed by atoms with Crippen molar-refractivity contribution in [2.24, 2.45) is 11.3 Å². The third-order valence-electron chi connectivity index (χ3n) is 3.99. The number of piperidine rings is 1. The number of likely N-dealkylation sites (tertiary alicyclic amines) is 1. The predicted octanol–water partition coefficient (Wildman–Crippen LogP) is 1.81. The monoisotopic (exact) mass is 333 g/mol. The summed E-state index contributed by atoms with van der Waals surface area (Å²) < 4.78 is 0. The van der Waals surface area contributed by atoms with Crippen molar-refractivity contribution >= 4 is 24.2 Å². The number of nitrogens with one attached hydrogen (secondary N) is 2. The lowest BCUT2D eigenvalue weighted by atomic mass is 9.95. The highest BCUT2D eigenvalue weighted by Gasteiger charge is 2.23. The zero-order valence-corrected chi connectivity index (χ0v) is 15.2. The van der Waals surface area contributed by atoms with E-state index in [9.17, 15) is 9.59 Å². The number of carbonyl (C=O) groups is 2. The fourth-order valence-corrected chi connectivity index (χ4v) is 2.54. The molecule has 0 saturated carbocycles. The van der Waals surface area contributed by atoms with Gasteiger partial charge in [-0.3, -0.25) is 9.59 Å². The van der Waals surface area contributed by atoms with Crippen LogP contribution < -0.4 is 10.6 Å². The Labute approximate surface area is 141 Å². The molecule has 0 atom stereocenters.